The van der Waals surface area contributed by atoms with Crippen molar-refractivity contribution < 1.29 is 13.9 Å². The Kier molecular flexibility index (Phi) is 5.20. The first-order chi connectivity index (χ1) is 10.1. The molecule has 1 aromatic rings. The first kappa shape index (κ1) is 15.8. The lowest BCUT2D eigenvalue weighted by Gasteiger charge is -2.30. The van der Waals surface area contributed by atoms with Crippen LogP contribution in [-0.2, 0) is 4.74 Å². The topological polar surface area (TPSA) is 21.7 Å². The number of halogens is 2. The Morgan fingerprint density at radius 1 is 1.33 bits per heavy atom. The van der Waals surface area contributed by atoms with Gasteiger partial charge in [-0.1, -0.05) is 6.58 Å². The fourth-order valence-corrected chi connectivity index (χ4v) is 2.48. The lowest BCUT2D eigenvalue weighted by Crippen LogP contribution is -2.23. The molecular weight excluding hydrogens is 337 g/mol. The summed E-state index contributed by atoms with van der Waals surface area (Å²) in [6.07, 6.45) is 3.75. The van der Waals surface area contributed by atoms with Crippen LogP contribution in [0, 0.1) is 5.82 Å². The SMILES string of the molecule is C=C1C(Br)=CC=C(c2ccc(OCOC)cc2F)N1CC. The third-order valence-electron chi connectivity index (χ3n) is 3.16. The van der Waals surface area contributed by atoms with Gasteiger partial charge in [0.2, 0.25) is 0 Å². The van der Waals surface area contributed by atoms with Crippen molar-refractivity contribution in [1.82, 2.24) is 4.90 Å². The van der Waals surface area contributed by atoms with Gasteiger partial charge in [-0.2, -0.15) is 0 Å². The summed E-state index contributed by atoms with van der Waals surface area (Å²) in [4.78, 5) is 1.96. The summed E-state index contributed by atoms with van der Waals surface area (Å²) in [5, 5.41) is 0. The molecule has 0 spiro atoms. The van der Waals surface area contributed by atoms with Gasteiger partial charge in [-0.3, -0.25) is 0 Å². The number of hydrogen-bond acceptors (Lipinski definition) is 3. The number of methoxy groups -OCH3 is 1. The Morgan fingerprint density at radius 2 is 2.10 bits per heavy atom. The van der Waals surface area contributed by atoms with Crippen molar-refractivity contribution in [1.29, 1.82) is 0 Å². The van der Waals surface area contributed by atoms with E-state index in [9.17, 15) is 4.39 Å². The summed E-state index contributed by atoms with van der Waals surface area (Å²) in [7, 11) is 1.52. The van der Waals surface area contributed by atoms with Crippen LogP contribution in [0.5, 0.6) is 5.75 Å². The van der Waals surface area contributed by atoms with Crippen LogP contribution in [0.2, 0.25) is 0 Å². The molecule has 0 N–H and O–H groups in total. The van der Waals surface area contributed by atoms with Crippen molar-refractivity contribution in [2.45, 2.75) is 6.92 Å². The number of benzene rings is 1. The Balaban J connectivity index is 2.35. The van der Waals surface area contributed by atoms with E-state index >= 15 is 0 Å². The van der Waals surface area contributed by atoms with Gasteiger partial charge in [-0.05, 0) is 47.1 Å². The van der Waals surface area contributed by atoms with Gasteiger partial charge < -0.3 is 14.4 Å². The minimum Gasteiger partial charge on any atom is -0.467 e. The number of likely N-dealkylation sites (N-methyl/N-ethyl adjacent to an activating group) is 1. The van der Waals surface area contributed by atoms with Gasteiger partial charge in [0.1, 0.15) is 11.6 Å². The minimum atomic E-state index is -0.340. The highest BCUT2D eigenvalue weighted by molar-refractivity contribution is 9.12. The molecule has 0 saturated carbocycles. The van der Waals surface area contributed by atoms with Crippen molar-refractivity contribution in [3.05, 3.63) is 58.5 Å². The van der Waals surface area contributed by atoms with Crippen molar-refractivity contribution in [2.24, 2.45) is 0 Å². The van der Waals surface area contributed by atoms with Crippen LogP contribution in [0.3, 0.4) is 0 Å². The van der Waals surface area contributed by atoms with E-state index in [0.717, 1.165) is 15.9 Å². The van der Waals surface area contributed by atoms with E-state index < -0.39 is 0 Å². The van der Waals surface area contributed by atoms with Crippen molar-refractivity contribution >= 4 is 21.6 Å². The largest absolute Gasteiger partial charge is 0.467 e. The number of allylic oxidation sites excluding steroid dienone is 3. The molecular formula is C16H17BrFNO2. The van der Waals surface area contributed by atoms with E-state index in [1.54, 1.807) is 12.1 Å². The van der Waals surface area contributed by atoms with Crippen molar-refractivity contribution in [3.8, 4) is 5.75 Å². The molecule has 0 aromatic heterocycles. The van der Waals surface area contributed by atoms with Crippen LogP contribution >= 0.6 is 15.9 Å². The second-order valence-electron chi connectivity index (χ2n) is 4.45. The zero-order valence-corrected chi connectivity index (χ0v) is 13.6. The maximum atomic E-state index is 14.3. The van der Waals surface area contributed by atoms with Gasteiger partial charge in [0.05, 0.1) is 5.70 Å². The molecule has 0 atom stereocenters. The molecule has 3 nitrogen and oxygen atoms in total. The average Bonchev–Trinajstić information content (AvgIpc) is 2.48. The van der Waals surface area contributed by atoms with Crippen molar-refractivity contribution in [2.75, 3.05) is 20.4 Å². The number of hydrogen-bond donors (Lipinski definition) is 0. The molecule has 1 heterocycles. The van der Waals surface area contributed by atoms with Gasteiger partial charge in [-0.15, -0.1) is 0 Å². The van der Waals surface area contributed by atoms with Crippen LogP contribution in [0.15, 0.2) is 47.1 Å². The van der Waals surface area contributed by atoms with Gasteiger partial charge in [-0.25, -0.2) is 4.39 Å². The molecule has 1 aliphatic heterocycles. The molecule has 1 aromatic carbocycles. The summed E-state index contributed by atoms with van der Waals surface area (Å²) >= 11 is 3.44. The summed E-state index contributed by atoms with van der Waals surface area (Å²) in [6.45, 7) is 6.81. The number of rotatable bonds is 5. The first-order valence-corrected chi connectivity index (χ1v) is 7.33. The van der Waals surface area contributed by atoms with E-state index in [0.29, 0.717) is 17.9 Å². The Bertz CT molecular complexity index is 610. The predicted molar refractivity (Wildman–Crippen MR) is 85.4 cm³/mol. The van der Waals surface area contributed by atoms with E-state index in [1.165, 1.54) is 13.2 Å². The second-order valence-corrected chi connectivity index (χ2v) is 5.30. The third-order valence-corrected chi connectivity index (χ3v) is 3.88. The number of nitrogens with zero attached hydrogens (tertiary/aromatic N) is 1. The molecule has 2 rings (SSSR count). The maximum Gasteiger partial charge on any atom is 0.188 e. The van der Waals surface area contributed by atoms with Crippen LogP contribution in [0.1, 0.15) is 12.5 Å². The summed E-state index contributed by atoms with van der Waals surface area (Å²) in [6, 6.07) is 4.79. The minimum absolute atomic E-state index is 0.0923. The van der Waals surface area contributed by atoms with Gasteiger partial charge in [0, 0.05) is 35.5 Å². The van der Waals surface area contributed by atoms with Gasteiger partial charge in [0.15, 0.2) is 6.79 Å². The predicted octanol–water partition coefficient (Wildman–Crippen LogP) is 4.28. The van der Waals surface area contributed by atoms with E-state index in [2.05, 4.69) is 22.5 Å². The zero-order chi connectivity index (χ0) is 15.4. The molecule has 0 radical (unpaired) electrons. The third kappa shape index (κ3) is 3.36. The van der Waals surface area contributed by atoms with Crippen LogP contribution in [0.4, 0.5) is 4.39 Å². The second kappa shape index (κ2) is 6.91. The lowest BCUT2D eigenvalue weighted by atomic mass is 10.1. The fourth-order valence-electron chi connectivity index (χ4n) is 2.13. The molecule has 21 heavy (non-hydrogen) atoms. The molecule has 0 fully saturated rings. The highest BCUT2D eigenvalue weighted by atomic mass is 79.9. The van der Waals surface area contributed by atoms with Crippen LogP contribution < -0.4 is 4.74 Å². The Labute approximate surface area is 132 Å². The summed E-state index contributed by atoms with van der Waals surface area (Å²) in [5.74, 6) is 0.0978. The van der Waals surface area contributed by atoms with Gasteiger partial charge in [0.25, 0.3) is 0 Å². The molecule has 0 bridgehead atoms. The summed E-state index contributed by atoms with van der Waals surface area (Å²) in [5.41, 5.74) is 2.11. The highest BCUT2D eigenvalue weighted by Gasteiger charge is 2.20. The van der Waals surface area contributed by atoms with Crippen LogP contribution in [0.25, 0.3) is 5.70 Å². The smallest absolute Gasteiger partial charge is 0.188 e. The quantitative estimate of drug-likeness (QED) is 0.737. The van der Waals surface area contributed by atoms with Crippen molar-refractivity contribution in [3.63, 3.8) is 0 Å². The van der Waals surface area contributed by atoms with E-state index in [-0.39, 0.29) is 12.6 Å². The number of ether oxygens (including phenoxy) is 2. The van der Waals surface area contributed by atoms with Crippen LogP contribution in [-0.4, -0.2) is 25.3 Å². The first-order valence-electron chi connectivity index (χ1n) is 6.54. The summed E-state index contributed by atoms with van der Waals surface area (Å²) < 4.78 is 25.3. The molecule has 0 amide bonds. The molecule has 1 aliphatic rings. The van der Waals surface area contributed by atoms with E-state index in [1.807, 2.05) is 24.0 Å². The fraction of sp³-hybridized carbons (Fsp3) is 0.250. The Hall–Kier alpha value is -1.59. The van der Waals surface area contributed by atoms with Gasteiger partial charge >= 0.3 is 0 Å². The molecule has 0 unspecified atom stereocenters. The molecule has 5 heteroatoms. The zero-order valence-electron chi connectivity index (χ0n) is 12.0. The monoisotopic (exact) mass is 353 g/mol. The normalized spacial score (nSPS) is 14.9. The Morgan fingerprint density at radius 3 is 2.71 bits per heavy atom. The lowest BCUT2D eigenvalue weighted by molar-refractivity contribution is 0.0509. The average molecular weight is 354 g/mol. The standard InChI is InChI=1S/C16H17BrFNO2/c1-4-19-11(2)14(17)7-8-16(19)13-6-5-12(9-15(13)18)21-10-20-3/h5-9H,2,4,10H2,1,3H3. The molecule has 0 saturated heterocycles. The highest BCUT2D eigenvalue weighted by Crippen LogP contribution is 2.34. The molecule has 0 aliphatic carbocycles. The maximum absolute atomic E-state index is 14.3. The molecule has 112 valence electrons. The van der Waals surface area contributed by atoms with E-state index in [4.69, 9.17) is 9.47 Å².